The summed E-state index contributed by atoms with van der Waals surface area (Å²) in [6.07, 6.45) is 0. The van der Waals surface area contributed by atoms with Gasteiger partial charge >= 0.3 is 6.03 Å². The maximum absolute atomic E-state index is 11.6. The van der Waals surface area contributed by atoms with Crippen LogP contribution in [0.15, 0.2) is 42.5 Å². The van der Waals surface area contributed by atoms with Gasteiger partial charge in [0.1, 0.15) is 0 Å². The lowest BCUT2D eigenvalue weighted by Crippen LogP contribution is -2.44. The molecule has 0 unspecified atom stereocenters. The number of hydrazine groups is 1. The molecule has 0 spiro atoms. The minimum Gasteiger partial charge on any atom is -0.350 e. The third kappa shape index (κ3) is 2.52. The van der Waals surface area contributed by atoms with E-state index in [4.69, 9.17) is 5.73 Å². The molecule has 2 aromatic carbocycles. The Morgan fingerprint density at radius 3 is 2.35 bits per heavy atom. The van der Waals surface area contributed by atoms with Gasteiger partial charge in [-0.15, -0.1) is 0 Å². The van der Waals surface area contributed by atoms with Gasteiger partial charge in [0.15, 0.2) is 0 Å². The number of fused-ring (bicyclic) bond motifs is 1. The van der Waals surface area contributed by atoms with Gasteiger partial charge in [-0.05, 0) is 22.9 Å². The lowest BCUT2D eigenvalue weighted by Gasteiger charge is -2.05. The summed E-state index contributed by atoms with van der Waals surface area (Å²) in [5, 5.41) is 2.01. The smallest absolute Gasteiger partial charge is 0.330 e. The molecule has 0 aromatic heterocycles. The SMILES string of the molecule is NC(=O)NNC(=O)c1ccc2ccccc2c1. The van der Waals surface area contributed by atoms with Gasteiger partial charge in [-0.25, -0.2) is 10.2 Å². The molecule has 5 nitrogen and oxygen atoms in total. The summed E-state index contributed by atoms with van der Waals surface area (Å²) < 4.78 is 0. The fourth-order valence-corrected chi connectivity index (χ4v) is 1.52. The number of rotatable bonds is 1. The van der Waals surface area contributed by atoms with Gasteiger partial charge in [-0.1, -0.05) is 30.3 Å². The van der Waals surface area contributed by atoms with Crippen molar-refractivity contribution in [1.29, 1.82) is 0 Å². The molecule has 17 heavy (non-hydrogen) atoms. The van der Waals surface area contributed by atoms with E-state index in [1.165, 1.54) is 0 Å². The van der Waals surface area contributed by atoms with E-state index in [1.54, 1.807) is 12.1 Å². The molecule has 0 aliphatic heterocycles. The van der Waals surface area contributed by atoms with E-state index in [0.717, 1.165) is 10.8 Å². The summed E-state index contributed by atoms with van der Waals surface area (Å²) in [7, 11) is 0. The lowest BCUT2D eigenvalue weighted by atomic mass is 10.1. The average molecular weight is 229 g/mol. The number of hydrogen-bond acceptors (Lipinski definition) is 2. The summed E-state index contributed by atoms with van der Waals surface area (Å²) in [5.41, 5.74) is 9.53. The maximum atomic E-state index is 11.6. The molecule has 4 N–H and O–H groups in total. The number of carbonyl (C=O) groups is 2. The predicted molar refractivity (Wildman–Crippen MR) is 64.1 cm³/mol. The average Bonchev–Trinajstić information content (AvgIpc) is 2.35. The van der Waals surface area contributed by atoms with Crippen LogP contribution in [-0.4, -0.2) is 11.9 Å². The Labute approximate surface area is 97.6 Å². The summed E-state index contributed by atoms with van der Waals surface area (Å²) >= 11 is 0. The molecule has 0 aliphatic rings. The third-order valence-electron chi connectivity index (χ3n) is 2.31. The maximum Gasteiger partial charge on any atom is 0.330 e. The van der Waals surface area contributed by atoms with E-state index in [1.807, 2.05) is 35.8 Å². The van der Waals surface area contributed by atoms with Crippen molar-refractivity contribution in [3.05, 3.63) is 48.0 Å². The van der Waals surface area contributed by atoms with Crippen molar-refractivity contribution in [1.82, 2.24) is 10.9 Å². The van der Waals surface area contributed by atoms with Crippen LogP contribution in [0.4, 0.5) is 4.79 Å². The van der Waals surface area contributed by atoms with Crippen molar-refractivity contribution < 1.29 is 9.59 Å². The summed E-state index contributed by atoms with van der Waals surface area (Å²) in [6.45, 7) is 0. The van der Waals surface area contributed by atoms with Crippen LogP contribution in [0.25, 0.3) is 10.8 Å². The number of urea groups is 1. The number of nitrogens with two attached hydrogens (primary N) is 1. The van der Waals surface area contributed by atoms with Crippen molar-refractivity contribution in [2.45, 2.75) is 0 Å². The first kappa shape index (κ1) is 10.9. The molecule has 2 aromatic rings. The molecule has 0 atom stereocenters. The van der Waals surface area contributed by atoms with E-state index in [0.29, 0.717) is 5.56 Å². The predicted octanol–water partition coefficient (Wildman–Crippen LogP) is 1.15. The van der Waals surface area contributed by atoms with Crippen molar-refractivity contribution in [2.75, 3.05) is 0 Å². The number of benzene rings is 2. The fraction of sp³-hybridized carbons (Fsp3) is 0. The van der Waals surface area contributed by atoms with Gasteiger partial charge in [0.2, 0.25) is 0 Å². The molecule has 3 amide bonds. The Bertz CT molecular complexity index is 581. The van der Waals surface area contributed by atoms with Gasteiger partial charge in [0.05, 0.1) is 0 Å². The molecule has 5 heteroatoms. The van der Waals surface area contributed by atoms with E-state index in [9.17, 15) is 9.59 Å². The topological polar surface area (TPSA) is 84.2 Å². The van der Waals surface area contributed by atoms with Crippen LogP contribution in [0.3, 0.4) is 0 Å². The lowest BCUT2D eigenvalue weighted by molar-refractivity contribution is 0.0937. The van der Waals surface area contributed by atoms with E-state index < -0.39 is 11.9 Å². The van der Waals surface area contributed by atoms with Crippen LogP contribution in [0.5, 0.6) is 0 Å². The molecule has 86 valence electrons. The van der Waals surface area contributed by atoms with Crippen molar-refractivity contribution >= 4 is 22.7 Å². The Kier molecular flexibility index (Phi) is 2.91. The molecule has 0 aliphatic carbocycles. The first-order valence-corrected chi connectivity index (χ1v) is 5.01. The number of nitrogens with one attached hydrogen (secondary N) is 2. The highest BCUT2D eigenvalue weighted by atomic mass is 16.2. The second-order valence-corrected chi connectivity index (χ2v) is 3.51. The molecular weight excluding hydrogens is 218 g/mol. The van der Waals surface area contributed by atoms with Gasteiger partial charge in [-0.2, -0.15) is 0 Å². The van der Waals surface area contributed by atoms with E-state index >= 15 is 0 Å². The zero-order chi connectivity index (χ0) is 12.3. The monoisotopic (exact) mass is 229 g/mol. The number of hydrogen-bond donors (Lipinski definition) is 3. The van der Waals surface area contributed by atoms with Crippen LogP contribution in [0.1, 0.15) is 10.4 Å². The highest BCUT2D eigenvalue weighted by Gasteiger charge is 2.06. The summed E-state index contributed by atoms with van der Waals surface area (Å²) in [4.78, 5) is 22.1. The highest BCUT2D eigenvalue weighted by molar-refractivity contribution is 5.99. The molecule has 0 heterocycles. The van der Waals surface area contributed by atoms with Crippen LogP contribution in [-0.2, 0) is 0 Å². The van der Waals surface area contributed by atoms with Crippen molar-refractivity contribution in [2.24, 2.45) is 5.73 Å². The zero-order valence-electron chi connectivity index (χ0n) is 8.94. The van der Waals surface area contributed by atoms with Crippen molar-refractivity contribution in [3.63, 3.8) is 0 Å². The molecule has 0 bridgehead atoms. The molecule has 0 radical (unpaired) electrons. The third-order valence-corrected chi connectivity index (χ3v) is 2.31. The number of primary amides is 1. The first-order chi connectivity index (χ1) is 8.16. The quantitative estimate of drug-likeness (QED) is 0.641. The minimum atomic E-state index is -0.806. The van der Waals surface area contributed by atoms with Crippen LogP contribution in [0.2, 0.25) is 0 Å². The standard InChI is InChI=1S/C12H11N3O2/c13-12(17)15-14-11(16)10-6-5-8-3-1-2-4-9(8)7-10/h1-7H,(H,14,16)(H3,13,15,17). The van der Waals surface area contributed by atoms with Gasteiger partial charge in [0.25, 0.3) is 5.91 Å². The zero-order valence-corrected chi connectivity index (χ0v) is 8.94. The second kappa shape index (κ2) is 4.52. The van der Waals surface area contributed by atoms with Gasteiger partial charge in [-0.3, -0.25) is 10.2 Å². The highest BCUT2D eigenvalue weighted by Crippen LogP contribution is 2.15. The van der Waals surface area contributed by atoms with Crippen LogP contribution >= 0.6 is 0 Å². The Hall–Kier alpha value is -2.56. The Balaban J connectivity index is 2.24. The number of carbonyl (C=O) groups excluding carboxylic acids is 2. The van der Waals surface area contributed by atoms with E-state index in [2.05, 4.69) is 5.43 Å². The summed E-state index contributed by atoms with van der Waals surface area (Å²) in [5.74, 6) is -0.408. The molecule has 0 saturated carbocycles. The van der Waals surface area contributed by atoms with E-state index in [-0.39, 0.29) is 0 Å². The number of amides is 3. The minimum absolute atomic E-state index is 0.408. The Morgan fingerprint density at radius 2 is 1.65 bits per heavy atom. The normalized spacial score (nSPS) is 9.88. The molecule has 2 rings (SSSR count). The van der Waals surface area contributed by atoms with Gasteiger partial charge in [0, 0.05) is 5.56 Å². The second-order valence-electron chi connectivity index (χ2n) is 3.51. The first-order valence-electron chi connectivity index (χ1n) is 5.01. The van der Waals surface area contributed by atoms with Crippen LogP contribution < -0.4 is 16.6 Å². The van der Waals surface area contributed by atoms with Gasteiger partial charge < -0.3 is 5.73 Å². The largest absolute Gasteiger partial charge is 0.350 e. The molecule has 0 saturated heterocycles. The fourth-order valence-electron chi connectivity index (χ4n) is 1.52. The van der Waals surface area contributed by atoms with Crippen LogP contribution in [0, 0.1) is 0 Å². The molecule has 0 fully saturated rings. The van der Waals surface area contributed by atoms with Crippen molar-refractivity contribution in [3.8, 4) is 0 Å². The molecular formula is C12H11N3O2. The summed E-state index contributed by atoms with van der Waals surface area (Å²) in [6, 6.07) is 12.1. The Morgan fingerprint density at radius 1 is 0.941 bits per heavy atom.